The zero-order valence-corrected chi connectivity index (χ0v) is 20.9. The Morgan fingerprint density at radius 3 is 2.39 bits per heavy atom. The van der Waals surface area contributed by atoms with Gasteiger partial charge in [0, 0.05) is 24.0 Å². The van der Waals surface area contributed by atoms with Crippen LogP contribution in [-0.2, 0) is 6.54 Å². The van der Waals surface area contributed by atoms with Crippen molar-refractivity contribution in [3.63, 3.8) is 0 Å². The molecule has 1 atom stereocenters. The van der Waals surface area contributed by atoms with E-state index >= 15 is 0 Å². The maximum Gasteiger partial charge on any atom is 0.291 e. The number of halogens is 1. The van der Waals surface area contributed by atoms with Gasteiger partial charge < -0.3 is 23.5 Å². The van der Waals surface area contributed by atoms with Gasteiger partial charge in [0.15, 0.2) is 16.9 Å². The Balaban J connectivity index is 1.79. The molecule has 1 aliphatic rings. The van der Waals surface area contributed by atoms with E-state index in [0.29, 0.717) is 38.8 Å². The van der Waals surface area contributed by atoms with Crippen LogP contribution in [0.2, 0.25) is 5.02 Å². The van der Waals surface area contributed by atoms with Gasteiger partial charge in [-0.3, -0.25) is 14.6 Å². The third-order valence-corrected chi connectivity index (χ3v) is 6.73. The summed E-state index contributed by atoms with van der Waals surface area (Å²) >= 11 is 6.33. The van der Waals surface area contributed by atoms with Gasteiger partial charge in [0.2, 0.25) is 11.5 Å². The largest absolute Gasteiger partial charge is 0.493 e. The molecule has 9 heteroatoms. The normalized spacial score (nSPS) is 14.8. The molecular formula is C27H23ClN2O6. The Morgan fingerprint density at radius 2 is 1.78 bits per heavy atom. The molecule has 2 aromatic heterocycles. The molecule has 0 fully saturated rings. The summed E-state index contributed by atoms with van der Waals surface area (Å²) in [4.78, 5) is 33.3. The summed E-state index contributed by atoms with van der Waals surface area (Å²) < 4.78 is 22.6. The quantitative estimate of drug-likeness (QED) is 0.366. The van der Waals surface area contributed by atoms with Crippen molar-refractivity contribution >= 4 is 28.5 Å². The summed E-state index contributed by atoms with van der Waals surface area (Å²) in [6.45, 7) is 2.01. The van der Waals surface area contributed by atoms with E-state index in [1.54, 1.807) is 47.6 Å². The van der Waals surface area contributed by atoms with Crippen LogP contribution in [0.5, 0.6) is 17.2 Å². The molecule has 184 valence electrons. The third-order valence-electron chi connectivity index (χ3n) is 6.33. The highest BCUT2D eigenvalue weighted by Gasteiger charge is 2.43. The number of benzene rings is 2. The second-order valence-corrected chi connectivity index (χ2v) is 8.83. The molecule has 0 N–H and O–H groups in total. The molecular weight excluding hydrogens is 484 g/mol. The van der Waals surface area contributed by atoms with Crippen LogP contribution in [0.4, 0.5) is 0 Å². The molecule has 5 rings (SSSR count). The van der Waals surface area contributed by atoms with Crippen molar-refractivity contribution in [1.82, 2.24) is 9.88 Å². The lowest BCUT2D eigenvalue weighted by Crippen LogP contribution is -2.29. The van der Waals surface area contributed by atoms with Crippen LogP contribution in [0, 0.1) is 6.92 Å². The van der Waals surface area contributed by atoms with E-state index in [-0.39, 0.29) is 23.3 Å². The lowest BCUT2D eigenvalue weighted by molar-refractivity contribution is 0.0713. The lowest BCUT2D eigenvalue weighted by Gasteiger charge is -2.26. The summed E-state index contributed by atoms with van der Waals surface area (Å²) in [5.74, 6) is 0.798. The molecule has 8 nitrogen and oxygen atoms in total. The molecule has 0 radical (unpaired) electrons. The summed E-state index contributed by atoms with van der Waals surface area (Å²) in [6.07, 6.45) is 3.34. The fraction of sp³-hybridized carbons (Fsp3) is 0.222. The standard InChI is InChI=1S/C27H23ClN2O6/c1-14-8-19-17(11-18(14)28)24(31)22-23(16-9-20(33-2)25(35-4)21(10-16)34-3)30(27(32)26(22)36-19)13-15-6-5-7-29-12-15/h5-12,23H,13H2,1-4H3. The first-order valence-electron chi connectivity index (χ1n) is 11.1. The van der Waals surface area contributed by atoms with Gasteiger partial charge in [-0.2, -0.15) is 0 Å². The Labute approximate surface area is 212 Å². The van der Waals surface area contributed by atoms with Crippen molar-refractivity contribution in [2.45, 2.75) is 19.5 Å². The van der Waals surface area contributed by atoms with Crippen molar-refractivity contribution in [3.8, 4) is 17.2 Å². The van der Waals surface area contributed by atoms with Gasteiger partial charge in [0.25, 0.3) is 5.91 Å². The third kappa shape index (κ3) is 3.74. The number of carbonyl (C=O) groups excluding carboxylic acids is 1. The number of nitrogens with zero attached hydrogens (tertiary/aromatic N) is 2. The number of methoxy groups -OCH3 is 3. The average molecular weight is 507 g/mol. The molecule has 0 aliphatic carbocycles. The van der Waals surface area contributed by atoms with Crippen LogP contribution >= 0.6 is 11.6 Å². The van der Waals surface area contributed by atoms with Crippen LogP contribution in [0.3, 0.4) is 0 Å². The SMILES string of the molecule is COc1cc(C2c3c(oc4cc(C)c(Cl)cc4c3=O)C(=O)N2Cc2cccnc2)cc(OC)c1OC. The summed E-state index contributed by atoms with van der Waals surface area (Å²) in [5, 5.41) is 0.744. The van der Waals surface area contributed by atoms with Gasteiger partial charge in [-0.05, 0) is 53.9 Å². The Hall–Kier alpha value is -4.04. The van der Waals surface area contributed by atoms with E-state index in [9.17, 15) is 9.59 Å². The highest BCUT2D eigenvalue weighted by molar-refractivity contribution is 6.32. The number of pyridine rings is 1. The van der Waals surface area contributed by atoms with Crippen LogP contribution in [0.1, 0.15) is 38.9 Å². The molecule has 2 aromatic carbocycles. The summed E-state index contributed by atoms with van der Waals surface area (Å²) in [5.41, 5.74) is 2.35. The predicted molar refractivity (Wildman–Crippen MR) is 134 cm³/mol. The number of ether oxygens (including phenoxy) is 3. The first kappa shape index (κ1) is 23.7. The van der Waals surface area contributed by atoms with E-state index in [1.807, 2.05) is 13.0 Å². The van der Waals surface area contributed by atoms with Gasteiger partial charge in [0.05, 0.1) is 38.3 Å². The van der Waals surface area contributed by atoms with Gasteiger partial charge in [-0.25, -0.2) is 0 Å². The van der Waals surface area contributed by atoms with E-state index in [2.05, 4.69) is 4.98 Å². The summed E-state index contributed by atoms with van der Waals surface area (Å²) in [6, 6.07) is 9.60. The van der Waals surface area contributed by atoms with Crippen LogP contribution in [-0.4, -0.2) is 37.1 Å². The molecule has 0 bridgehead atoms. The lowest BCUT2D eigenvalue weighted by atomic mass is 9.97. The molecule has 0 saturated carbocycles. The maximum absolute atomic E-state index is 13.8. The highest BCUT2D eigenvalue weighted by Crippen LogP contribution is 2.45. The fourth-order valence-electron chi connectivity index (χ4n) is 4.60. The van der Waals surface area contributed by atoms with Gasteiger partial charge in [-0.1, -0.05) is 17.7 Å². The monoisotopic (exact) mass is 506 g/mol. The summed E-state index contributed by atoms with van der Waals surface area (Å²) in [7, 11) is 4.53. The molecule has 0 saturated heterocycles. The molecule has 4 aromatic rings. The zero-order chi connectivity index (χ0) is 25.6. The predicted octanol–water partition coefficient (Wildman–Crippen LogP) is 4.92. The van der Waals surface area contributed by atoms with Gasteiger partial charge in [0.1, 0.15) is 5.58 Å². The van der Waals surface area contributed by atoms with E-state index < -0.39 is 11.9 Å². The minimum absolute atomic E-state index is 0.00290. The molecule has 3 heterocycles. The number of rotatable bonds is 6. The zero-order valence-electron chi connectivity index (χ0n) is 20.1. The van der Waals surface area contributed by atoms with Crippen LogP contribution < -0.4 is 19.6 Å². The number of amides is 1. The number of hydrogen-bond donors (Lipinski definition) is 0. The van der Waals surface area contributed by atoms with Crippen molar-refractivity contribution in [2.24, 2.45) is 0 Å². The number of fused-ring (bicyclic) bond motifs is 2. The van der Waals surface area contributed by atoms with Crippen molar-refractivity contribution in [1.29, 1.82) is 0 Å². The van der Waals surface area contributed by atoms with Crippen molar-refractivity contribution < 1.29 is 23.4 Å². The van der Waals surface area contributed by atoms with Crippen LogP contribution in [0.25, 0.3) is 11.0 Å². The molecule has 36 heavy (non-hydrogen) atoms. The second kappa shape index (κ2) is 9.20. The fourth-order valence-corrected chi connectivity index (χ4v) is 4.76. The Morgan fingerprint density at radius 1 is 1.06 bits per heavy atom. The Kier molecular flexibility index (Phi) is 6.05. The number of aryl methyl sites for hydroxylation is 1. The second-order valence-electron chi connectivity index (χ2n) is 8.43. The minimum atomic E-state index is -0.776. The molecule has 1 aliphatic heterocycles. The van der Waals surface area contributed by atoms with Crippen LogP contribution in [0.15, 0.2) is 58.0 Å². The molecule has 1 amide bonds. The van der Waals surface area contributed by atoms with Gasteiger partial charge in [-0.15, -0.1) is 0 Å². The van der Waals surface area contributed by atoms with Gasteiger partial charge >= 0.3 is 0 Å². The average Bonchev–Trinajstić information content (AvgIpc) is 3.16. The number of aromatic nitrogens is 1. The van der Waals surface area contributed by atoms with E-state index in [1.165, 1.54) is 21.3 Å². The smallest absolute Gasteiger partial charge is 0.291 e. The minimum Gasteiger partial charge on any atom is -0.493 e. The first-order chi connectivity index (χ1) is 17.4. The Bertz CT molecular complexity index is 1520. The topological polar surface area (TPSA) is 91.1 Å². The highest BCUT2D eigenvalue weighted by atomic mass is 35.5. The van der Waals surface area contributed by atoms with E-state index in [0.717, 1.165) is 11.1 Å². The number of hydrogen-bond acceptors (Lipinski definition) is 7. The first-order valence-corrected chi connectivity index (χ1v) is 11.5. The molecule has 0 spiro atoms. The van der Waals surface area contributed by atoms with E-state index in [4.69, 9.17) is 30.2 Å². The maximum atomic E-state index is 13.8. The number of carbonyl (C=O) groups is 1. The van der Waals surface area contributed by atoms with Crippen molar-refractivity contribution in [3.05, 3.63) is 92.1 Å². The van der Waals surface area contributed by atoms with Crippen molar-refractivity contribution in [2.75, 3.05) is 21.3 Å². The molecule has 1 unspecified atom stereocenters.